The molecule has 0 saturated heterocycles. The Morgan fingerprint density at radius 2 is 1.23 bits per heavy atom. The van der Waals surface area contributed by atoms with Crippen molar-refractivity contribution in [3.8, 4) is 0 Å². The van der Waals surface area contributed by atoms with Crippen LogP contribution in [0.15, 0.2) is 47.1 Å². The fraction of sp³-hybridized carbons (Fsp3) is 0.375. The molecule has 0 atom stereocenters. The molecule has 2 aliphatic rings. The van der Waals surface area contributed by atoms with Crippen LogP contribution in [0.4, 0.5) is 0 Å². The number of hydrogen-bond acceptors (Lipinski definition) is 10. The van der Waals surface area contributed by atoms with Crippen molar-refractivity contribution in [3.05, 3.63) is 58.2 Å². The van der Waals surface area contributed by atoms with Gasteiger partial charge in [0.05, 0.1) is 30.4 Å². The molecule has 0 saturated carbocycles. The Kier molecular flexibility index (Phi) is 5.05. The Bertz CT molecular complexity index is 695. The van der Waals surface area contributed by atoms with E-state index in [1.807, 2.05) is 31.2 Å². The van der Waals surface area contributed by atoms with Crippen molar-refractivity contribution in [2.45, 2.75) is 12.8 Å². The Morgan fingerprint density at radius 3 is 1.62 bits per heavy atom. The summed E-state index contributed by atoms with van der Waals surface area (Å²) in [4.78, 5) is 0. The van der Waals surface area contributed by atoms with E-state index in [9.17, 15) is 20.8 Å². The number of hydroxylamine groups is 8. The van der Waals surface area contributed by atoms with Crippen LogP contribution >= 0.6 is 0 Å². The molecule has 0 aliphatic carbocycles. The average molecular weight is 364 g/mol. The molecule has 0 unspecified atom stereocenters. The van der Waals surface area contributed by atoms with Crippen LogP contribution in [-0.2, 0) is 0 Å². The minimum Gasteiger partial charge on any atom is -0.399 e. The largest absolute Gasteiger partial charge is 0.399 e. The summed E-state index contributed by atoms with van der Waals surface area (Å²) >= 11 is 0. The van der Waals surface area contributed by atoms with Gasteiger partial charge in [0, 0.05) is 11.4 Å². The van der Waals surface area contributed by atoms with Gasteiger partial charge in [0.15, 0.2) is 0 Å². The summed E-state index contributed by atoms with van der Waals surface area (Å²) in [6.07, 6.45) is 0. The lowest BCUT2D eigenvalue weighted by Gasteiger charge is -2.40. The maximum atomic E-state index is 10.4. The fourth-order valence-corrected chi connectivity index (χ4v) is 3.32. The lowest BCUT2D eigenvalue weighted by molar-refractivity contribution is -0.206. The molecular formula is C16H24N6O4. The highest BCUT2D eigenvalue weighted by Gasteiger charge is 2.37. The second-order valence-electron chi connectivity index (χ2n) is 6.58. The molecule has 8 N–H and O–H groups in total. The molecule has 142 valence electrons. The van der Waals surface area contributed by atoms with Gasteiger partial charge in [-0.15, -0.1) is 0 Å². The van der Waals surface area contributed by atoms with E-state index in [-0.39, 0.29) is 37.8 Å². The molecule has 3 rings (SSSR count). The van der Waals surface area contributed by atoms with Gasteiger partial charge in [0.2, 0.25) is 0 Å². The van der Waals surface area contributed by atoms with Crippen LogP contribution in [0, 0.1) is 6.92 Å². The van der Waals surface area contributed by atoms with Crippen molar-refractivity contribution >= 4 is 0 Å². The van der Waals surface area contributed by atoms with Gasteiger partial charge in [-0.3, -0.25) is 10.4 Å². The number of nitrogens with zero attached hydrogens (tertiary/aromatic N) is 4. The smallest absolute Gasteiger partial charge is 0.121 e. The third kappa shape index (κ3) is 3.46. The van der Waals surface area contributed by atoms with E-state index in [2.05, 4.69) is 0 Å². The molecule has 0 bridgehead atoms. The van der Waals surface area contributed by atoms with Gasteiger partial charge in [-0.1, -0.05) is 29.8 Å². The van der Waals surface area contributed by atoms with Gasteiger partial charge in [0.25, 0.3) is 0 Å². The zero-order chi connectivity index (χ0) is 19.0. The van der Waals surface area contributed by atoms with Crippen molar-refractivity contribution < 1.29 is 20.8 Å². The Morgan fingerprint density at radius 1 is 0.808 bits per heavy atom. The average Bonchev–Trinajstić information content (AvgIpc) is 2.52. The quantitative estimate of drug-likeness (QED) is 0.437. The van der Waals surface area contributed by atoms with Crippen LogP contribution in [0.5, 0.6) is 0 Å². The molecule has 1 aromatic carbocycles. The second kappa shape index (κ2) is 7.11. The maximum absolute atomic E-state index is 10.4. The van der Waals surface area contributed by atoms with Crippen molar-refractivity contribution in [2.24, 2.45) is 11.5 Å². The first-order chi connectivity index (χ1) is 12.3. The van der Waals surface area contributed by atoms with E-state index in [0.717, 1.165) is 31.4 Å². The van der Waals surface area contributed by atoms with E-state index in [0.29, 0.717) is 11.4 Å². The Hall–Kier alpha value is -2.34. The molecule has 1 aromatic rings. The van der Waals surface area contributed by atoms with Gasteiger partial charge < -0.3 is 21.9 Å². The predicted octanol–water partition coefficient (Wildman–Crippen LogP) is 0.126. The molecule has 0 amide bonds. The molecule has 26 heavy (non-hydrogen) atoms. The Balaban J connectivity index is 2.16. The fourth-order valence-electron chi connectivity index (χ4n) is 3.32. The first-order valence-electron chi connectivity index (χ1n) is 8.12. The predicted molar refractivity (Wildman–Crippen MR) is 90.3 cm³/mol. The number of hydrogen-bond donors (Lipinski definition) is 6. The molecule has 0 spiro atoms. The molecule has 2 aliphatic heterocycles. The van der Waals surface area contributed by atoms with Crippen LogP contribution in [0.3, 0.4) is 0 Å². The highest BCUT2D eigenvalue weighted by atomic mass is 16.6. The minimum absolute atomic E-state index is 0.0412. The van der Waals surface area contributed by atoms with Crippen LogP contribution in [-0.4, -0.2) is 67.5 Å². The summed E-state index contributed by atoms with van der Waals surface area (Å²) in [6.45, 7) is 1.70. The molecule has 0 radical (unpaired) electrons. The standard InChI is InChI=1S/C16H24N6O4/c1-10-2-4-11(5-3-10)14(15-12(17)6-19(23)8-21(15)25)16-13(18)7-20(24)9-22(16)26/h2-5,14,23-26H,6-9,17-18H2,1H3. The number of nitrogens with two attached hydrogens (primary N) is 2. The lowest BCUT2D eigenvalue weighted by Crippen LogP contribution is -2.48. The summed E-state index contributed by atoms with van der Waals surface area (Å²) < 4.78 is 0. The van der Waals surface area contributed by atoms with E-state index in [1.165, 1.54) is 0 Å². The van der Waals surface area contributed by atoms with Crippen LogP contribution in [0.1, 0.15) is 17.0 Å². The third-order valence-electron chi connectivity index (χ3n) is 4.47. The number of rotatable bonds is 3. The summed E-state index contributed by atoms with van der Waals surface area (Å²) in [6, 6.07) is 7.53. The number of benzene rings is 1. The van der Waals surface area contributed by atoms with Gasteiger partial charge in [0.1, 0.15) is 13.3 Å². The van der Waals surface area contributed by atoms with E-state index < -0.39 is 5.92 Å². The van der Waals surface area contributed by atoms with Crippen LogP contribution in [0.2, 0.25) is 0 Å². The number of aryl methyl sites for hydroxylation is 1. The van der Waals surface area contributed by atoms with Crippen molar-refractivity contribution in [1.82, 2.24) is 20.3 Å². The zero-order valence-corrected chi connectivity index (χ0v) is 14.4. The van der Waals surface area contributed by atoms with Crippen LogP contribution in [0.25, 0.3) is 0 Å². The second-order valence-corrected chi connectivity index (χ2v) is 6.58. The van der Waals surface area contributed by atoms with E-state index in [1.54, 1.807) is 0 Å². The van der Waals surface area contributed by atoms with Gasteiger partial charge in [-0.05, 0) is 12.5 Å². The monoisotopic (exact) mass is 364 g/mol. The summed E-state index contributed by atoms with van der Waals surface area (Å²) in [5, 5.41) is 43.6. The molecule has 0 aromatic heterocycles. The summed E-state index contributed by atoms with van der Waals surface area (Å²) in [5.74, 6) is -0.673. The topological polar surface area (TPSA) is 146 Å². The molecule has 10 heteroatoms. The molecule has 0 fully saturated rings. The highest BCUT2D eigenvalue weighted by Crippen LogP contribution is 2.39. The summed E-state index contributed by atoms with van der Waals surface area (Å²) in [5.41, 5.74) is 15.1. The zero-order valence-electron chi connectivity index (χ0n) is 14.4. The maximum Gasteiger partial charge on any atom is 0.121 e. The van der Waals surface area contributed by atoms with Gasteiger partial charge in [-0.25, -0.2) is 10.1 Å². The molecule has 10 nitrogen and oxygen atoms in total. The SMILES string of the molecule is Cc1ccc(C(C2=C(N)CN(O)CN2O)C2=C(N)CN(O)CN2O)cc1. The first-order valence-corrected chi connectivity index (χ1v) is 8.12. The van der Waals surface area contributed by atoms with E-state index in [4.69, 9.17) is 11.5 Å². The highest BCUT2D eigenvalue weighted by molar-refractivity contribution is 5.42. The van der Waals surface area contributed by atoms with Crippen LogP contribution < -0.4 is 11.5 Å². The normalized spacial score (nSPS) is 20.5. The van der Waals surface area contributed by atoms with Gasteiger partial charge in [-0.2, -0.15) is 10.1 Å². The third-order valence-corrected chi connectivity index (χ3v) is 4.47. The first kappa shape index (κ1) is 18.5. The van der Waals surface area contributed by atoms with Crippen molar-refractivity contribution in [3.63, 3.8) is 0 Å². The molecular weight excluding hydrogens is 340 g/mol. The Labute approximate surface area is 150 Å². The minimum atomic E-state index is -0.673. The van der Waals surface area contributed by atoms with E-state index >= 15 is 0 Å². The molecule has 2 heterocycles. The lowest BCUT2D eigenvalue weighted by atomic mass is 9.88. The van der Waals surface area contributed by atoms with Crippen molar-refractivity contribution in [1.29, 1.82) is 0 Å². The van der Waals surface area contributed by atoms with Crippen molar-refractivity contribution in [2.75, 3.05) is 26.4 Å². The van der Waals surface area contributed by atoms with Gasteiger partial charge >= 0.3 is 0 Å². The summed E-state index contributed by atoms with van der Waals surface area (Å²) in [7, 11) is 0.